The van der Waals surface area contributed by atoms with Crippen LogP contribution in [0.4, 0.5) is 5.69 Å². The minimum atomic E-state index is -1.74. The molecule has 24 nitrogen and oxygen atoms in total. The molecule has 0 amide bonds. The number of rotatable bonds is 17. The summed E-state index contributed by atoms with van der Waals surface area (Å²) in [5.74, 6) is 0.189. The summed E-state index contributed by atoms with van der Waals surface area (Å²) in [7, 11) is 0. The second-order valence-electron chi connectivity index (χ2n) is 14.5. The fourth-order valence-corrected chi connectivity index (χ4v) is 7.27. The number of nitro groups is 1. The van der Waals surface area contributed by atoms with E-state index in [0.717, 1.165) is 0 Å². The van der Waals surface area contributed by atoms with E-state index in [1.54, 1.807) is 0 Å². The number of nitro benzene ring substituents is 1. The summed E-state index contributed by atoms with van der Waals surface area (Å²) >= 11 is 0. The van der Waals surface area contributed by atoms with Crippen molar-refractivity contribution in [1.82, 2.24) is 0 Å². The molecule has 1 aromatic rings. The molecule has 0 aromatic heterocycles. The molecule has 58 heavy (non-hydrogen) atoms. The van der Waals surface area contributed by atoms with Gasteiger partial charge in [-0.05, 0) is 12.1 Å². The van der Waals surface area contributed by atoms with Crippen molar-refractivity contribution in [1.29, 1.82) is 0 Å². The zero-order valence-electron chi connectivity index (χ0n) is 30.9. The Morgan fingerprint density at radius 3 is 1.09 bits per heavy atom. The summed E-state index contributed by atoms with van der Waals surface area (Å²) < 4.78 is 45.1. The minimum absolute atomic E-state index is 0.185. The van der Waals surface area contributed by atoms with Gasteiger partial charge in [0.2, 0.25) is 0 Å². The van der Waals surface area contributed by atoms with Crippen LogP contribution in [0.25, 0.3) is 0 Å². The van der Waals surface area contributed by atoms with Gasteiger partial charge in [-0.1, -0.05) is 0 Å². The Hall–Kier alpha value is -2.38. The summed E-state index contributed by atoms with van der Waals surface area (Å²) in [6, 6.07) is 5.04. The van der Waals surface area contributed by atoms with E-state index in [4.69, 9.17) is 37.9 Å². The number of ether oxygens (including phenoxy) is 8. The first kappa shape index (κ1) is 46.7. The van der Waals surface area contributed by atoms with Gasteiger partial charge in [0, 0.05) is 12.1 Å². The molecule has 4 saturated heterocycles. The van der Waals surface area contributed by atoms with Gasteiger partial charge in [0.1, 0.15) is 134 Å². The lowest BCUT2D eigenvalue weighted by atomic mass is 9.93. The van der Waals surface area contributed by atoms with Gasteiger partial charge in [0.15, 0.2) is 0 Å². The van der Waals surface area contributed by atoms with E-state index in [9.17, 15) is 76.5 Å². The summed E-state index contributed by atoms with van der Waals surface area (Å²) in [6.07, 6.45) is -30.2. The molecule has 4 aliphatic rings. The van der Waals surface area contributed by atoms with Gasteiger partial charge >= 0.3 is 0 Å². The standard InChI is InChI=1S/C34H53NO23/c36-5-15-23(40)31(48)24(41)19(55-15)10-52-33-26(43)17(7-38)57-21(29(33)46)12-54-34-27(44)18(8-39)58-22(30(34)47)11-53-32-25(42)16(6-37)56-20(28(32)45)9-51-14-3-1-13(2-4-14)35(49)50/h1-4,15-34,36-48H,5-12H2/t15-,16-,17-,18-,19+,20+,21+,22+,23-,24+,25-,26-,27-,28+,29+,30+,31+,32+,33+,34+/m1/s1. The first-order valence-corrected chi connectivity index (χ1v) is 18.5. The molecule has 4 fully saturated rings. The Morgan fingerprint density at radius 1 is 0.448 bits per heavy atom. The Morgan fingerprint density at radius 2 is 0.741 bits per heavy atom. The van der Waals surface area contributed by atoms with Crippen LogP contribution >= 0.6 is 0 Å². The number of benzene rings is 1. The van der Waals surface area contributed by atoms with Crippen LogP contribution < -0.4 is 4.74 Å². The predicted octanol–water partition coefficient (Wildman–Crippen LogP) is -7.58. The first-order chi connectivity index (χ1) is 27.6. The summed E-state index contributed by atoms with van der Waals surface area (Å²) in [5.41, 5.74) is -0.185. The van der Waals surface area contributed by atoms with Gasteiger partial charge in [-0.3, -0.25) is 10.1 Å². The van der Waals surface area contributed by atoms with E-state index in [1.807, 2.05) is 0 Å². The molecule has 24 heteroatoms. The first-order valence-electron chi connectivity index (χ1n) is 18.5. The van der Waals surface area contributed by atoms with Crippen LogP contribution in [0.1, 0.15) is 0 Å². The van der Waals surface area contributed by atoms with Crippen LogP contribution in [0.2, 0.25) is 0 Å². The molecule has 13 N–H and O–H groups in total. The van der Waals surface area contributed by atoms with E-state index in [1.165, 1.54) is 24.3 Å². The van der Waals surface area contributed by atoms with Crippen molar-refractivity contribution in [3.8, 4) is 5.75 Å². The fourth-order valence-electron chi connectivity index (χ4n) is 7.27. The lowest BCUT2D eigenvalue weighted by Crippen LogP contribution is -2.64. The highest BCUT2D eigenvalue weighted by Gasteiger charge is 2.51. The quantitative estimate of drug-likeness (QED) is 0.0512. The molecule has 4 heterocycles. The number of aliphatic hydroxyl groups is 13. The number of nitrogens with zero attached hydrogens (tertiary/aromatic N) is 1. The summed E-state index contributed by atoms with van der Waals surface area (Å²) in [6.45, 7) is -5.11. The Labute approximate surface area is 330 Å². The molecule has 4 aliphatic heterocycles. The fraction of sp³-hybridized carbons (Fsp3) is 0.824. The maximum Gasteiger partial charge on any atom is 0.269 e. The van der Waals surface area contributed by atoms with Gasteiger partial charge in [-0.15, -0.1) is 0 Å². The van der Waals surface area contributed by atoms with Crippen molar-refractivity contribution in [2.45, 2.75) is 122 Å². The van der Waals surface area contributed by atoms with Crippen molar-refractivity contribution in [2.24, 2.45) is 0 Å². The monoisotopic (exact) mass is 843 g/mol. The highest BCUT2D eigenvalue weighted by atomic mass is 16.6. The van der Waals surface area contributed by atoms with E-state index in [2.05, 4.69) is 0 Å². The molecule has 5 rings (SSSR count). The average molecular weight is 844 g/mol. The molecule has 0 unspecified atom stereocenters. The number of aliphatic hydroxyl groups excluding tert-OH is 13. The molecule has 1 aromatic carbocycles. The lowest BCUT2D eigenvalue weighted by Gasteiger charge is -2.46. The van der Waals surface area contributed by atoms with Crippen molar-refractivity contribution in [3.63, 3.8) is 0 Å². The SMILES string of the molecule is O=[N+]([O-])c1ccc(OC[C@@H]2O[C@H](CO)[C@@H](O)[C@H](OC[C@@H]3O[C@H](CO)[C@@H](O)[C@H](OC[C@@H]4O[C@H](CO)[C@@H](O)[C@H](OC[C@@H]5O[C@H](CO)[C@@H](O)[C@H](O)[C@H]5O)[C@H]4O)[C@H]3O)[C@H]2O)cc1. The van der Waals surface area contributed by atoms with E-state index in [0.29, 0.717) is 0 Å². The zero-order valence-corrected chi connectivity index (χ0v) is 30.9. The lowest BCUT2D eigenvalue weighted by molar-refractivity contribution is -0.384. The Balaban J connectivity index is 1.21. The van der Waals surface area contributed by atoms with Crippen LogP contribution in [0, 0.1) is 10.1 Å². The molecule has 0 spiro atoms. The van der Waals surface area contributed by atoms with E-state index >= 15 is 0 Å². The third kappa shape index (κ3) is 10.4. The van der Waals surface area contributed by atoms with Crippen LogP contribution in [0.15, 0.2) is 24.3 Å². The van der Waals surface area contributed by atoms with Crippen LogP contribution in [-0.2, 0) is 33.2 Å². The number of hydrogen-bond acceptors (Lipinski definition) is 23. The number of hydrogen-bond donors (Lipinski definition) is 13. The van der Waals surface area contributed by atoms with E-state index < -0.39 is 173 Å². The van der Waals surface area contributed by atoms with Crippen molar-refractivity contribution in [2.75, 3.05) is 52.9 Å². The predicted molar refractivity (Wildman–Crippen MR) is 185 cm³/mol. The Bertz CT molecular complexity index is 1410. The Kier molecular flexibility index (Phi) is 16.8. The molecule has 332 valence electrons. The zero-order chi connectivity index (χ0) is 42.4. The maximum absolute atomic E-state index is 11.3. The van der Waals surface area contributed by atoms with Crippen LogP contribution in [0.3, 0.4) is 0 Å². The van der Waals surface area contributed by atoms with E-state index in [-0.39, 0.29) is 18.0 Å². The third-order valence-corrected chi connectivity index (χ3v) is 10.7. The second-order valence-corrected chi connectivity index (χ2v) is 14.5. The van der Waals surface area contributed by atoms with Crippen molar-refractivity contribution >= 4 is 5.69 Å². The van der Waals surface area contributed by atoms with Gasteiger partial charge in [-0.25, -0.2) is 0 Å². The number of non-ortho nitro benzene ring substituents is 1. The third-order valence-electron chi connectivity index (χ3n) is 10.7. The topological polar surface area (TPSA) is 380 Å². The van der Waals surface area contributed by atoms with Crippen LogP contribution in [0.5, 0.6) is 5.75 Å². The minimum Gasteiger partial charge on any atom is -0.491 e. The molecule has 0 saturated carbocycles. The summed E-state index contributed by atoms with van der Waals surface area (Å²) in [5, 5.41) is 147. The molecule has 0 radical (unpaired) electrons. The highest BCUT2D eigenvalue weighted by Crippen LogP contribution is 2.31. The molecular weight excluding hydrogens is 790 g/mol. The van der Waals surface area contributed by atoms with Crippen molar-refractivity contribution in [3.05, 3.63) is 34.4 Å². The van der Waals surface area contributed by atoms with Gasteiger partial charge < -0.3 is 104 Å². The van der Waals surface area contributed by atoms with Crippen molar-refractivity contribution < 1.29 is 109 Å². The molecule has 0 aliphatic carbocycles. The second kappa shape index (κ2) is 20.9. The summed E-state index contributed by atoms with van der Waals surface area (Å²) in [4.78, 5) is 10.3. The normalized spacial score (nSPS) is 43.5. The largest absolute Gasteiger partial charge is 0.491 e. The highest BCUT2D eigenvalue weighted by molar-refractivity contribution is 5.36. The molecule has 20 atom stereocenters. The smallest absolute Gasteiger partial charge is 0.269 e. The average Bonchev–Trinajstić information content (AvgIpc) is 3.21. The molecule has 0 bridgehead atoms. The van der Waals surface area contributed by atoms with Gasteiger partial charge in [0.05, 0.1) is 51.2 Å². The van der Waals surface area contributed by atoms with Gasteiger partial charge in [0.25, 0.3) is 5.69 Å². The molecular formula is C34H53NO23. The van der Waals surface area contributed by atoms with Crippen LogP contribution in [-0.4, -0.2) is 246 Å². The maximum atomic E-state index is 11.3. The van der Waals surface area contributed by atoms with Gasteiger partial charge in [-0.2, -0.15) is 0 Å².